The van der Waals surface area contributed by atoms with Gasteiger partial charge in [0.25, 0.3) is 5.69 Å². The van der Waals surface area contributed by atoms with Gasteiger partial charge in [0.05, 0.1) is 28.8 Å². The summed E-state index contributed by atoms with van der Waals surface area (Å²) in [4.78, 5) is 21.0. The van der Waals surface area contributed by atoms with E-state index in [-0.39, 0.29) is 17.8 Å². The molecule has 7 heteroatoms. The van der Waals surface area contributed by atoms with Crippen molar-refractivity contribution < 1.29 is 14.8 Å². The van der Waals surface area contributed by atoms with Crippen molar-refractivity contribution in [1.29, 1.82) is 0 Å². The molecule has 0 fully saturated rings. The zero-order valence-electron chi connectivity index (χ0n) is 9.18. The Labute approximate surface area is 101 Å². The summed E-state index contributed by atoms with van der Waals surface area (Å²) in [5.41, 5.74) is 0.515. The second kappa shape index (κ2) is 4.66. The van der Waals surface area contributed by atoms with Crippen LogP contribution in [0, 0.1) is 10.1 Å². The number of nitro groups is 1. The summed E-state index contributed by atoms with van der Waals surface area (Å²) < 4.78 is 1.35. The highest BCUT2D eigenvalue weighted by Crippen LogP contribution is 2.18. The van der Waals surface area contributed by atoms with Crippen LogP contribution in [0.1, 0.15) is 15.9 Å². The lowest BCUT2D eigenvalue weighted by Gasteiger charge is -2.02. The van der Waals surface area contributed by atoms with Gasteiger partial charge in [-0.1, -0.05) is 18.2 Å². The molecule has 1 N–H and O–H groups in total. The Morgan fingerprint density at radius 3 is 2.78 bits per heavy atom. The van der Waals surface area contributed by atoms with Gasteiger partial charge in [0, 0.05) is 12.3 Å². The van der Waals surface area contributed by atoms with Crippen molar-refractivity contribution in [2.24, 2.45) is 0 Å². The summed E-state index contributed by atoms with van der Waals surface area (Å²) in [6.45, 7) is 0.157. The monoisotopic (exact) mass is 247 g/mol. The predicted molar refractivity (Wildman–Crippen MR) is 61.4 cm³/mol. The van der Waals surface area contributed by atoms with Crippen LogP contribution in [0.5, 0.6) is 0 Å². The number of para-hydroxylation sites is 1. The summed E-state index contributed by atoms with van der Waals surface area (Å²) >= 11 is 0. The number of hydrogen-bond donors (Lipinski definition) is 1. The van der Waals surface area contributed by atoms with Crippen LogP contribution in [0.25, 0.3) is 0 Å². The van der Waals surface area contributed by atoms with E-state index in [0.717, 1.165) is 0 Å². The molecule has 1 aromatic heterocycles. The summed E-state index contributed by atoms with van der Waals surface area (Å²) in [6.07, 6.45) is 2.54. The lowest BCUT2D eigenvalue weighted by Crippen LogP contribution is -2.03. The zero-order chi connectivity index (χ0) is 13.1. The standard InChI is InChI=1S/C11H9N3O4/c15-11(16)9-5-12-13(7-9)6-8-3-1-2-4-10(8)14(17)18/h1-5,7H,6H2,(H,15,16). The van der Waals surface area contributed by atoms with Crippen LogP contribution in [-0.4, -0.2) is 25.8 Å². The SMILES string of the molecule is O=C(O)c1cnn(Cc2ccccc2[N+](=O)[O-])c1. The van der Waals surface area contributed by atoms with E-state index in [9.17, 15) is 14.9 Å². The largest absolute Gasteiger partial charge is 0.478 e. The quantitative estimate of drug-likeness (QED) is 0.652. The van der Waals surface area contributed by atoms with E-state index in [1.165, 1.54) is 23.1 Å². The van der Waals surface area contributed by atoms with Crippen LogP contribution in [0.15, 0.2) is 36.7 Å². The van der Waals surface area contributed by atoms with Crippen molar-refractivity contribution in [1.82, 2.24) is 9.78 Å². The highest BCUT2D eigenvalue weighted by atomic mass is 16.6. The van der Waals surface area contributed by atoms with Crippen molar-refractivity contribution in [3.05, 3.63) is 57.9 Å². The number of rotatable bonds is 4. The number of carbonyl (C=O) groups is 1. The minimum atomic E-state index is -1.08. The molecular weight excluding hydrogens is 238 g/mol. The molecule has 0 aliphatic carbocycles. The smallest absolute Gasteiger partial charge is 0.338 e. The highest BCUT2D eigenvalue weighted by Gasteiger charge is 2.13. The molecule has 2 rings (SSSR count). The number of nitrogens with zero attached hydrogens (tertiary/aromatic N) is 3. The van der Waals surface area contributed by atoms with E-state index in [1.807, 2.05) is 0 Å². The number of aromatic carboxylic acids is 1. The van der Waals surface area contributed by atoms with E-state index in [4.69, 9.17) is 5.11 Å². The average Bonchev–Trinajstić information content (AvgIpc) is 2.78. The molecule has 18 heavy (non-hydrogen) atoms. The van der Waals surface area contributed by atoms with Crippen molar-refractivity contribution in [3.63, 3.8) is 0 Å². The fourth-order valence-electron chi connectivity index (χ4n) is 1.56. The first kappa shape index (κ1) is 11.8. The summed E-state index contributed by atoms with van der Waals surface area (Å²) in [6, 6.07) is 6.27. The Hall–Kier alpha value is -2.70. The van der Waals surface area contributed by atoms with Gasteiger partial charge in [0.15, 0.2) is 0 Å². The van der Waals surface area contributed by atoms with Gasteiger partial charge in [0.2, 0.25) is 0 Å². The molecule has 0 bridgehead atoms. The first-order chi connectivity index (χ1) is 8.58. The topological polar surface area (TPSA) is 98.3 Å². The number of carboxylic acids is 1. The highest BCUT2D eigenvalue weighted by molar-refractivity contribution is 5.86. The second-order valence-corrected chi connectivity index (χ2v) is 3.62. The van der Waals surface area contributed by atoms with Gasteiger partial charge in [0.1, 0.15) is 0 Å². The molecule has 1 heterocycles. The van der Waals surface area contributed by atoms with E-state index < -0.39 is 10.9 Å². The number of hydrogen-bond acceptors (Lipinski definition) is 4. The molecule has 0 amide bonds. The minimum absolute atomic E-state index is 0.00937. The minimum Gasteiger partial charge on any atom is -0.478 e. The molecular formula is C11H9N3O4. The molecule has 7 nitrogen and oxygen atoms in total. The van der Waals surface area contributed by atoms with Crippen molar-refractivity contribution in [2.45, 2.75) is 6.54 Å². The number of benzene rings is 1. The summed E-state index contributed by atoms with van der Waals surface area (Å²) in [5.74, 6) is -1.08. The fraction of sp³-hybridized carbons (Fsp3) is 0.0909. The Morgan fingerprint density at radius 2 is 2.17 bits per heavy atom. The Morgan fingerprint density at radius 1 is 1.44 bits per heavy atom. The van der Waals surface area contributed by atoms with Gasteiger partial charge in [-0.3, -0.25) is 14.8 Å². The summed E-state index contributed by atoms with van der Waals surface area (Å²) in [5, 5.41) is 23.4. The first-order valence-corrected chi connectivity index (χ1v) is 5.06. The first-order valence-electron chi connectivity index (χ1n) is 5.06. The van der Waals surface area contributed by atoms with Gasteiger partial charge < -0.3 is 5.11 Å². The Balaban J connectivity index is 2.28. The third-order valence-electron chi connectivity index (χ3n) is 2.40. The van der Waals surface area contributed by atoms with Crippen molar-refractivity contribution in [2.75, 3.05) is 0 Å². The van der Waals surface area contributed by atoms with Crippen molar-refractivity contribution in [3.8, 4) is 0 Å². The van der Waals surface area contributed by atoms with Gasteiger partial charge in [-0.05, 0) is 0 Å². The van der Waals surface area contributed by atoms with Gasteiger partial charge in [-0.25, -0.2) is 4.79 Å². The normalized spacial score (nSPS) is 10.2. The molecule has 0 radical (unpaired) electrons. The molecule has 0 saturated carbocycles. The van der Waals surface area contributed by atoms with E-state index in [1.54, 1.807) is 18.2 Å². The van der Waals surface area contributed by atoms with Crippen molar-refractivity contribution >= 4 is 11.7 Å². The maximum Gasteiger partial charge on any atom is 0.338 e. The van der Waals surface area contributed by atoms with Crippen LogP contribution in [-0.2, 0) is 6.54 Å². The number of nitro benzene ring substituents is 1. The predicted octanol–water partition coefficient (Wildman–Crippen LogP) is 1.54. The van der Waals surface area contributed by atoms with Gasteiger partial charge >= 0.3 is 5.97 Å². The molecule has 0 aliphatic rings. The lowest BCUT2D eigenvalue weighted by atomic mass is 10.2. The fourth-order valence-corrected chi connectivity index (χ4v) is 1.56. The van der Waals surface area contributed by atoms with Crippen LogP contribution < -0.4 is 0 Å². The van der Waals surface area contributed by atoms with Gasteiger partial charge in [-0.2, -0.15) is 5.10 Å². The zero-order valence-corrected chi connectivity index (χ0v) is 9.18. The van der Waals surface area contributed by atoms with Crippen LogP contribution in [0.3, 0.4) is 0 Å². The Kier molecular flexibility index (Phi) is 3.05. The molecule has 0 atom stereocenters. The molecule has 1 aromatic carbocycles. The van der Waals surface area contributed by atoms with E-state index >= 15 is 0 Å². The molecule has 0 saturated heterocycles. The average molecular weight is 247 g/mol. The maximum atomic E-state index is 10.8. The molecule has 2 aromatic rings. The van der Waals surface area contributed by atoms with Crippen LogP contribution in [0.2, 0.25) is 0 Å². The Bertz CT molecular complexity index is 606. The van der Waals surface area contributed by atoms with Crippen LogP contribution >= 0.6 is 0 Å². The number of aromatic nitrogens is 2. The van der Waals surface area contributed by atoms with Crippen LogP contribution in [0.4, 0.5) is 5.69 Å². The molecule has 0 spiro atoms. The lowest BCUT2D eigenvalue weighted by molar-refractivity contribution is -0.385. The third-order valence-corrected chi connectivity index (χ3v) is 2.40. The molecule has 92 valence electrons. The van der Waals surface area contributed by atoms with E-state index in [0.29, 0.717) is 5.56 Å². The summed E-state index contributed by atoms with van der Waals surface area (Å²) in [7, 11) is 0. The second-order valence-electron chi connectivity index (χ2n) is 3.62. The maximum absolute atomic E-state index is 10.8. The molecule has 0 unspecified atom stereocenters. The third kappa shape index (κ3) is 2.34. The molecule has 0 aliphatic heterocycles. The van der Waals surface area contributed by atoms with Gasteiger partial charge in [-0.15, -0.1) is 0 Å². The number of carboxylic acid groups (broad SMARTS) is 1. The van der Waals surface area contributed by atoms with E-state index in [2.05, 4.69) is 5.10 Å².